The molecule has 0 aromatic heterocycles. The van der Waals surface area contributed by atoms with Crippen molar-refractivity contribution in [2.24, 2.45) is 4.99 Å². The van der Waals surface area contributed by atoms with Gasteiger partial charge < -0.3 is 0 Å². The highest BCUT2D eigenvalue weighted by molar-refractivity contribution is 5.80. The van der Waals surface area contributed by atoms with E-state index < -0.39 is 0 Å². The molecule has 0 atom stereocenters. The van der Waals surface area contributed by atoms with E-state index in [1.165, 1.54) is 0 Å². The van der Waals surface area contributed by atoms with E-state index >= 15 is 0 Å². The summed E-state index contributed by atoms with van der Waals surface area (Å²) >= 11 is 0. The van der Waals surface area contributed by atoms with Crippen LogP contribution < -0.4 is 0 Å². The van der Waals surface area contributed by atoms with Crippen molar-refractivity contribution in [3.8, 4) is 0 Å². The SMILES string of the molecule is O=[C]C/N=C\c1ccccc1. The first-order chi connectivity index (χ1) is 5.43. The van der Waals surface area contributed by atoms with E-state index in [-0.39, 0.29) is 6.54 Å². The van der Waals surface area contributed by atoms with Gasteiger partial charge in [0.2, 0.25) is 6.29 Å². The van der Waals surface area contributed by atoms with Gasteiger partial charge in [-0.3, -0.25) is 9.79 Å². The van der Waals surface area contributed by atoms with Crippen molar-refractivity contribution in [3.05, 3.63) is 35.9 Å². The van der Waals surface area contributed by atoms with Gasteiger partial charge in [-0.1, -0.05) is 30.3 Å². The van der Waals surface area contributed by atoms with Gasteiger partial charge in [0, 0.05) is 6.21 Å². The van der Waals surface area contributed by atoms with Crippen LogP contribution >= 0.6 is 0 Å². The fourth-order valence-electron chi connectivity index (χ4n) is 0.727. The van der Waals surface area contributed by atoms with Crippen molar-refractivity contribution < 1.29 is 4.79 Å². The van der Waals surface area contributed by atoms with Crippen LogP contribution in [0, 0.1) is 0 Å². The second-order valence-corrected chi connectivity index (χ2v) is 2.02. The third kappa shape index (κ3) is 2.76. The van der Waals surface area contributed by atoms with Crippen molar-refractivity contribution in [1.82, 2.24) is 0 Å². The summed E-state index contributed by atoms with van der Waals surface area (Å²) in [5, 5.41) is 0. The smallest absolute Gasteiger partial charge is 0.221 e. The highest BCUT2D eigenvalue weighted by Gasteiger charge is 1.81. The molecular weight excluding hydrogens is 138 g/mol. The van der Waals surface area contributed by atoms with Crippen molar-refractivity contribution in [1.29, 1.82) is 0 Å². The molecule has 0 aliphatic carbocycles. The zero-order chi connectivity index (χ0) is 7.94. The van der Waals surface area contributed by atoms with Crippen LogP contribution in [0.15, 0.2) is 35.3 Å². The Bertz CT molecular complexity index is 241. The standard InChI is InChI=1S/C9H8NO/c11-7-6-10-8-9-4-2-1-3-5-9/h1-5,8H,6H2/b10-8-. The molecule has 0 fully saturated rings. The Morgan fingerprint density at radius 3 is 2.73 bits per heavy atom. The summed E-state index contributed by atoms with van der Waals surface area (Å²) in [6.45, 7) is 0.120. The largest absolute Gasteiger partial charge is 0.289 e. The molecule has 0 unspecified atom stereocenters. The van der Waals surface area contributed by atoms with E-state index in [1.54, 1.807) is 12.5 Å². The molecule has 1 radical (unpaired) electrons. The Labute approximate surface area is 65.6 Å². The molecule has 55 valence electrons. The summed E-state index contributed by atoms with van der Waals surface area (Å²) in [6.07, 6.45) is 3.35. The first kappa shape index (κ1) is 7.66. The minimum Gasteiger partial charge on any atom is -0.289 e. The van der Waals surface area contributed by atoms with Crippen LogP contribution in [0.25, 0.3) is 0 Å². The molecule has 2 heteroatoms. The van der Waals surface area contributed by atoms with E-state index in [2.05, 4.69) is 4.99 Å². The van der Waals surface area contributed by atoms with E-state index in [0.717, 1.165) is 5.56 Å². The van der Waals surface area contributed by atoms with Gasteiger partial charge in [-0.25, -0.2) is 0 Å². The van der Waals surface area contributed by atoms with E-state index in [9.17, 15) is 4.79 Å². The number of hydrogen-bond donors (Lipinski definition) is 0. The quantitative estimate of drug-likeness (QED) is 0.589. The summed E-state index contributed by atoms with van der Waals surface area (Å²) < 4.78 is 0. The Kier molecular flexibility index (Phi) is 3.06. The van der Waals surface area contributed by atoms with E-state index in [4.69, 9.17) is 0 Å². The number of nitrogens with zero attached hydrogens (tertiary/aromatic N) is 1. The van der Waals surface area contributed by atoms with Gasteiger partial charge in [0.1, 0.15) is 6.54 Å². The van der Waals surface area contributed by atoms with Crippen LogP contribution in [0.1, 0.15) is 5.56 Å². The fourth-order valence-corrected chi connectivity index (χ4v) is 0.727. The molecule has 0 spiro atoms. The fraction of sp³-hybridized carbons (Fsp3) is 0.111. The summed E-state index contributed by atoms with van der Waals surface area (Å²) in [6, 6.07) is 9.63. The Balaban J connectivity index is 2.57. The number of carbonyl (C=O) groups excluding carboxylic acids is 1. The lowest BCUT2D eigenvalue weighted by atomic mass is 10.2. The maximum Gasteiger partial charge on any atom is 0.221 e. The normalized spacial score (nSPS) is 10.2. The molecule has 1 rings (SSSR count). The lowest BCUT2D eigenvalue weighted by Crippen LogP contribution is -1.83. The summed E-state index contributed by atoms with van der Waals surface area (Å²) in [5.41, 5.74) is 1.00. The number of rotatable bonds is 3. The van der Waals surface area contributed by atoms with Crippen LogP contribution in [0.2, 0.25) is 0 Å². The molecule has 0 N–H and O–H groups in total. The monoisotopic (exact) mass is 146 g/mol. The van der Waals surface area contributed by atoms with E-state index in [0.29, 0.717) is 0 Å². The van der Waals surface area contributed by atoms with Gasteiger partial charge in [0.15, 0.2) is 0 Å². The molecule has 1 aromatic carbocycles. The van der Waals surface area contributed by atoms with Crippen molar-refractivity contribution in [3.63, 3.8) is 0 Å². The molecule has 0 saturated heterocycles. The van der Waals surface area contributed by atoms with Crippen molar-refractivity contribution >= 4 is 12.5 Å². The topological polar surface area (TPSA) is 29.4 Å². The second kappa shape index (κ2) is 4.39. The van der Waals surface area contributed by atoms with Gasteiger partial charge >= 0.3 is 0 Å². The van der Waals surface area contributed by atoms with Crippen LogP contribution in [0.3, 0.4) is 0 Å². The highest BCUT2D eigenvalue weighted by Crippen LogP contribution is 1.93. The Morgan fingerprint density at radius 1 is 1.36 bits per heavy atom. The number of benzene rings is 1. The Hall–Kier alpha value is -1.44. The third-order valence-corrected chi connectivity index (χ3v) is 1.20. The predicted molar refractivity (Wildman–Crippen MR) is 44.6 cm³/mol. The van der Waals surface area contributed by atoms with Crippen molar-refractivity contribution in [2.45, 2.75) is 0 Å². The first-order valence-corrected chi connectivity index (χ1v) is 3.33. The van der Waals surface area contributed by atoms with Crippen LogP contribution in [-0.2, 0) is 4.79 Å². The summed E-state index contributed by atoms with van der Waals surface area (Å²) in [4.78, 5) is 13.6. The minimum absolute atomic E-state index is 0.120. The molecular formula is C9H8NO. The molecule has 1 aromatic rings. The van der Waals surface area contributed by atoms with Gasteiger partial charge in [0.25, 0.3) is 0 Å². The zero-order valence-corrected chi connectivity index (χ0v) is 6.03. The highest BCUT2D eigenvalue weighted by atomic mass is 16.1. The van der Waals surface area contributed by atoms with Crippen LogP contribution in [-0.4, -0.2) is 19.0 Å². The molecule has 0 bridgehead atoms. The van der Waals surface area contributed by atoms with Crippen molar-refractivity contribution in [2.75, 3.05) is 6.54 Å². The summed E-state index contributed by atoms with van der Waals surface area (Å²) in [7, 11) is 0. The molecule has 0 aliphatic heterocycles. The Morgan fingerprint density at radius 2 is 2.09 bits per heavy atom. The predicted octanol–water partition coefficient (Wildman–Crippen LogP) is 1.22. The lowest BCUT2D eigenvalue weighted by Gasteiger charge is -1.87. The molecule has 0 saturated carbocycles. The number of aliphatic imine (C=N–C) groups is 1. The number of hydrogen-bond acceptors (Lipinski definition) is 2. The van der Waals surface area contributed by atoms with Crippen LogP contribution in [0.5, 0.6) is 0 Å². The lowest BCUT2D eigenvalue weighted by molar-refractivity contribution is 0.556. The minimum atomic E-state index is 0.120. The first-order valence-electron chi connectivity index (χ1n) is 3.33. The van der Waals surface area contributed by atoms with Gasteiger partial charge in [0.05, 0.1) is 0 Å². The second-order valence-electron chi connectivity index (χ2n) is 2.02. The maximum atomic E-state index is 9.76. The molecule has 0 amide bonds. The van der Waals surface area contributed by atoms with Gasteiger partial charge in [-0.2, -0.15) is 0 Å². The molecule has 0 heterocycles. The van der Waals surface area contributed by atoms with Crippen LogP contribution in [0.4, 0.5) is 0 Å². The van der Waals surface area contributed by atoms with Gasteiger partial charge in [-0.15, -0.1) is 0 Å². The van der Waals surface area contributed by atoms with Gasteiger partial charge in [-0.05, 0) is 5.56 Å². The molecule has 2 nitrogen and oxygen atoms in total. The maximum absolute atomic E-state index is 9.76. The average Bonchev–Trinajstić information content (AvgIpc) is 2.07. The summed E-state index contributed by atoms with van der Waals surface area (Å²) in [5.74, 6) is 0. The molecule has 11 heavy (non-hydrogen) atoms. The van der Waals surface area contributed by atoms with E-state index in [1.807, 2.05) is 30.3 Å². The average molecular weight is 146 g/mol. The third-order valence-electron chi connectivity index (χ3n) is 1.20. The molecule has 0 aliphatic rings. The zero-order valence-electron chi connectivity index (χ0n) is 6.03.